The minimum Gasteiger partial charge on any atom is -0.370 e. The highest BCUT2D eigenvalue weighted by molar-refractivity contribution is 6.17. The number of rotatable bonds is 4. The summed E-state index contributed by atoms with van der Waals surface area (Å²) in [6, 6.07) is 3.97. The fourth-order valence-electron chi connectivity index (χ4n) is 0.944. The van der Waals surface area contributed by atoms with Crippen LogP contribution in [0.4, 0.5) is 5.82 Å². The van der Waals surface area contributed by atoms with E-state index in [0.29, 0.717) is 5.88 Å². The fraction of sp³-hybridized carbons (Fsp3) is 0.444. The smallest absolute Gasteiger partial charge is 0.128 e. The van der Waals surface area contributed by atoms with Gasteiger partial charge < -0.3 is 5.32 Å². The molecule has 0 aliphatic carbocycles. The second-order valence-electron chi connectivity index (χ2n) is 2.64. The topological polar surface area (TPSA) is 24.9 Å². The number of aromatic nitrogens is 1. The Morgan fingerprint density at radius 3 is 3.08 bits per heavy atom. The Morgan fingerprint density at radius 1 is 1.58 bits per heavy atom. The van der Waals surface area contributed by atoms with E-state index in [1.807, 2.05) is 19.1 Å². The van der Waals surface area contributed by atoms with Crippen molar-refractivity contribution < 1.29 is 0 Å². The van der Waals surface area contributed by atoms with E-state index in [0.717, 1.165) is 18.8 Å². The number of hydrogen-bond donors (Lipinski definition) is 1. The molecular formula is C9H13ClN2. The first-order valence-corrected chi connectivity index (χ1v) is 4.59. The second kappa shape index (κ2) is 4.99. The molecule has 1 rings (SSSR count). The summed E-state index contributed by atoms with van der Waals surface area (Å²) in [4.78, 5) is 4.20. The van der Waals surface area contributed by atoms with Crippen LogP contribution in [0.1, 0.15) is 12.0 Å². The maximum absolute atomic E-state index is 5.55. The van der Waals surface area contributed by atoms with Crippen molar-refractivity contribution in [3.8, 4) is 0 Å². The van der Waals surface area contributed by atoms with Crippen LogP contribution in [0.2, 0.25) is 0 Å². The summed E-state index contributed by atoms with van der Waals surface area (Å²) >= 11 is 5.55. The van der Waals surface area contributed by atoms with E-state index >= 15 is 0 Å². The minimum atomic E-state index is 0.693. The van der Waals surface area contributed by atoms with Crippen LogP contribution in [0, 0.1) is 6.92 Å². The van der Waals surface area contributed by atoms with Crippen LogP contribution in [-0.2, 0) is 0 Å². The van der Waals surface area contributed by atoms with Crippen LogP contribution in [0.25, 0.3) is 0 Å². The molecule has 3 heteroatoms. The molecule has 1 aromatic rings. The summed E-state index contributed by atoms with van der Waals surface area (Å²) in [5, 5.41) is 3.22. The zero-order valence-electron chi connectivity index (χ0n) is 7.18. The Hall–Kier alpha value is -0.760. The predicted molar refractivity (Wildman–Crippen MR) is 52.8 cm³/mol. The third-order valence-electron chi connectivity index (χ3n) is 1.61. The number of hydrogen-bond acceptors (Lipinski definition) is 2. The Morgan fingerprint density at radius 2 is 2.42 bits per heavy atom. The van der Waals surface area contributed by atoms with Crippen molar-refractivity contribution in [2.75, 3.05) is 17.7 Å². The Bertz CT molecular complexity index is 238. The number of anilines is 1. The lowest BCUT2D eigenvalue weighted by molar-refractivity contribution is 0.972. The number of aryl methyl sites for hydroxylation is 1. The van der Waals surface area contributed by atoms with Crippen molar-refractivity contribution in [3.63, 3.8) is 0 Å². The summed E-state index contributed by atoms with van der Waals surface area (Å²) in [6.07, 6.45) is 2.76. The van der Waals surface area contributed by atoms with Gasteiger partial charge in [-0.3, -0.25) is 0 Å². The van der Waals surface area contributed by atoms with Gasteiger partial charge in [-0.25, -0.2) is 4.98 Å². The maximum Gasteiger partial charge on any atom is 0.128 e. The molecule has 1 heterocycles. The molecule has 0 atom stereocenters. The monoisotopic (exact) mass is 184 g/mol. The molecule has 0 radical (unpaired) electrons. The molecule has 2 nitrogen and oxygen atoms in total. The summed E-state index contributed by atoms with van der Waals surface area (Å²) in [6.45, 7) is 2.93. The molecule has 0 aromatic carbocycles. The van der Waals surface area contributed by atoms with Crippen molar-refractivity contribution >= 4 is 17.4 Å². The van der Waals surface area contributed by atoms with Crippen molar-refractivity contribution in [1.82, 2.24) is 4.98 Å². The molecular weight excluding hydrogens is 172 g/mol. The average Bonchev–Trinajstić information content (AvgIpc) is 2.09. The zero-order chi connectivity index (χ0) is 8.81. The van der Waals surface area contributed by atoms with Gasteiger partial charge in [0.05, 0.1) is 0 Å². The Kier molecular flexibility index (Phi) is 3.88. The summed E-state index contributed by atoms with van der Waals surface area (Å²) in [5.41, 5.74) is 1.17. The van der Waals surface area contributed by atoms with Crippen LogP contribution in [0.3, 0.4) is 0 Å². The lowest BCUT2D eigenvalue weighted by Crippen LogP contribution is -2.04. The van der Waals surface area contributed by atoms with Crippen molar-refractivity contribution in [2.45, 2.75) is 13.3 Å². The van der Waals surface area contributed by atoms with Crippen LogP contribution < -0.4 is 5.32 Å². The van der Waals surface area contributed by atoms with E-state index < -0.39 is 0 Å². The third-order valence-corrected chi connectivity index (χ3v) is 1.88. The van der Waals surface area contributed by atoms with Crippen molar-refractivity contribution in [3.05, 3.63) is 23.9 Å². The van der Waals surface area contributed by atoms with E-state index in [4.69, 9.17) is 11.6 Å². The number of halogens is 1. The Balaban J connectivity index is 2.46. The summed E-state index contributed by atoms with van der Waals surface area (Å²) in [7, 11) is 0. The van der Waals surface area contributed by atoms with Gasteiger partial charge in [0.1, 0.15) is 5.82 Å². The standard InChI is InChI=1S/C9H13ClN2/c1-8-4-2-6-11-9(8)12-7-3-5-10/h2,4,6H,3,5,7H2,1H3,(H,11,12). The van der Waals surface area contributed by atoms with Gasteiger partial charge in [0.15, 0.2) is 0 Å². The molecule has 1 N–H and O–H groups in total. The predicted octanol–water partition coefficient (Wildman–Crippen LogP) is 2.43. The molecule has 0 fully saturated rings. The van der Waals surface area contributed by atoms with E-state index in [1.54, 1.807) is 6.20 Å². The van der Waals surface area contributed by atoms with Gasteiger partial charge in [-0.15, -0.1) is 11.6 Å². The quantitative estimate of drug-likeness (QED) is 0.575. The Labute approximate surface area is 78.0 Å². The number of nitrogens with one attached hydrogen (secondary N) is 1. The van der Waals surface area contributed by atoms with Gasteiger partial charge in [-0.1, -0.05) is 6.07 Å². The number of alkyl halides is 1. The normalized spacial score (nSPS) is 9.83. The first-order valence-electron chi connectivity index (χ1n) is 4.06. The van der Waals surface area contributed by atoms with E-state index in [9.17, 15) is 0 Å². The first kappa shape index (κ1) is 9.33. The number of nitrogens with zero attached hydrogens (tertiary/aromatic N) is 1. The van der Waals surface area contributed by atoms with Gasteiger partial charge in [-0.05, 0) is 25.0 Å². The van der Waals surface area contributed by atoms with Gasteiger partial charge in [-0.2, -0.15) is 0 Å². The van der Waals surface area contributed by atoms with Crippen molar-refractivity contribution in [1.29, 1.82) is 0 Å². The average molecular weight is 185 g/mol. The molecule has 0 aliphatic heterocycles. The molecule has 0 saturated carbocycles. The van der Waals surface area contributed by atoms with Gasteiger partial charge in [0, 0.05) is 18.6 Å². The van der Waals surface area contributed by atoms with Gasteiger partial charge in [0.2, 0.25) is 0 Å². The summed E-state index contributed by atoms with van der Waals surface area (Å²) < 4.78 is 0. The second-order valence-corrected chi connectivity index (χ2v) is 3.02. The van der Waals surface area contributed by atoms with E-state index in [1.165, 1.54) is 5.56 Å². The highest BCUT2D eigenvalue weighted by atomic mass is 35.5. The maximum atomic E-state index is 5.55. The lowest BCUT2D eigenvalue weighted by Gasteiger charge is -2.05. The number of pyridine rings is 1. The van der Waals surface area contributed by atoms with Crippen LogP contribution >= 0.6 is 11.6 Å². The highest BCUT2D eigenvalue weighted by Crippen LogP contribution is 2.08. The van der Waals surface area contributed by atoms with E-state index in [2.05, 4.69) is 10.3 Å². The molecule has 0 bridgehead atoms. The largest absolute Gasteiger partial charge is 0.370 e. The molecule has 66 valence electrons. The zero-order valence-corrected chi connectivity index (χ0v) is 7.93. The molecule has 12 heavy (non-hydrogen) atoms. The third kappa shape index (κ3) is 2.70. The SMILES string of the molecule is Cc1cccnc1NCCCCl. The lowest BCUT2D eigenvalue weighted by atomic mass is 10.3. The van der Waals surface area contributed by atoms with Crippen LogP contribution in [-0.4, -0.2) is 17.4 Å². The van der Waals surface area contributed by atoms with Gasteiger partial charge >= 0.3 is 0 Å². The van der Waals surface area contributed by atoms with Gasteiger partial charge in [0.25, 0.3) is 0 Å². The molecule has 0 aliphatic rings. The first-order chi connectivity index (χ1) is 5.84. The highest BCUT2D eigenvalue weighted by Gasteiger charge is 1.95. The molecule has 0 unspecified atom stereocenters. The van der Waals surface area contributed by atoms with Crippen LogP contribution in [0.5, 0.6) is 0 Å². The molecule has 0 amide bonds. The fourth-order valence-corrected chi connectivity index (χ4v) is 1.08. The molecule has 0 spiro atoms. The van der Waals surface area contributed by atoms with E-state index in [-0.39, 0.29) is 0 Å². The molecule has 1 aromatic heterocycles. The molecule has 0 saturated heterocycles. The van der Waals surface area contributed by atoms with Crippen molar-refractivity contribution in [2.24, 2.45) is 0 Å². The summed E-state index contributed by atoms with van der Waals surface area (Å²) in [5.74, 6) is 1.65. The minimum absolute atomic E-state index is 0.693. The van der Waals surface area contributed by atoms with Crippen LogP contribution in [0.15, 0.2) is 18.3 Å².